The second-order valence-corrected chi connectivity index (χ2v) is 10.1. The predicted octanol–water partition coefficient (Wildman–Crippen LogP) is 2.64. The molecular weight excluding hydrogens is 437 g/mol. The summed E-state index contributed by atoms with van der Waals surface area (Å²) in [7, 11) is 3.33. The molecule has 2 N–H and O–H groups in total. The highest BCUT2D eigenvalue weighted by atomic mass is 19.1. The Morgan fingerprint density at radius 1 is 1.18 bits per heavy atom. The second-order valence-electron chi connectivity index (χ2n) is 10.1. The van der Waals surface area contributed by atoms with Gasteiger partial charge >= 0.3 is 5.69 Å². The molecule has 2 aliphatic rings. The van der Waals surface area contributed by atoms with Crippen molar-refractivity contribution in [2.75, 3.05) is 11.9 Å². The van der Waals surface area contributed by atoms with Crippen LogP contribution in [-0.2, 0) is 7.05 Å². The van der Waals surface area contributed by atoms with Crippen molar-refractivity contribution in [1.29, 1.82) is 0 Å². The lowest BCUT2D eigenvalue weighted by Gasteiger charge is -2.45. The Bertz CT molecular complexity index is 1290. The summed E-state index contributed by atoms with van der Waals surface area (Å²) in [6.45, 7) is 4.57. The lowest BCUT2D eigenvalue weighted by atomic mass is 9.84. The van der Waals surface area contributed by atoms with Crippen molar-refractivity contribution in [1.82, 2.24) is 30.0 Å². The second kappa shape index (κ2) is 7.83. The van der Waals surface area contributed by atoms with Crippen LogP contribution in [0.25, 0.3) is 22.6 Å². The number of aromatic nitrogens is 5. The number of nitrogens with one attached hydrogen (secondary N) is 1. The highest BCUT2D eigenvalue weighted by Crippen LogP contribution is 2.43. The number of phenolic OH excluding ortho intramolecular Hbond substituents is 1. The fourth-order valence-electron chi connectivity index (χ4n) is 5.38. The highest BCUT2D eigenvalue weighted by Gasteiger charge is 2.49. The lowest BCUT2D eigenvalue weighted by molar-refractivity contribution is 0.207. The van der Waals surface area contributed by atoms with Crippen LogP contribution in [-0.4, -0.2) is 54.0 Å². The van der Waals surface area contributed by atoms with E-state index in [2.05, 4.69) is 44.2 Å². The summed E-state index contributed by atoms with van der Waals surface area (Å²) >= 11 is 0. The fraction of sp³-hybridized carbons (Fsp3) is 0.458. The average molecular weight is 466 g/mol. The maximum Gasteiger partial charge on any atom is 0.350 e. The average Bonchev–Trinajstić information content (AvgIpc) is 3.03. The van der Waals surface area contributed by atoms with Crippen LogP contribution in [0, 0.1) is 5.95 Å². The third-order valence-electron chi connectivity index (χ3n) is 7.28. The molecule has 0 amide bonds. The first-order valence-electron chi connectivity index (χ1n) is 11.4. The number of fused-ring (bicyclic) bond motifs is 2. The van der Waals surface area contributed by atoms with Gasteiger partial charge in [0.2, 0.25) is 0 Å². The van der Waals surface area contributed by atoms with Crippen molar-refractivity contribution in [3.8, 4) is 28.4 Å². The molecule has 0 radical (unpaired) electrons. The van der Waals surface area contributed by atoms with E-state index in [0.29, 0.717) is 23.0 Å². The van der Waals surface area contributed by atoms with E-state index in [-0.39, 0.29) is 28.3 Å². The number of halogens is 1. The first kappa shape index (κ1) is 22.4. The van der Waals surface area contributed by atoms with Gasteiger partial charge in [0.1, 0.15) is 5.75 Å². The predicted molar refractivity (Wildman–Crippen MR) is 126 cm³/mol. The molecule has 4 heterocycles. The summed E-state index contributed by atoms with van der Waals surface area (Å²) < 4.78 is 14.7. The summed E-state index contributed by atoms with van der Waals surface area (Å²) in [6, 6.07) is 6.12. The highest BCUT2D eigenvalue weighted by molar-refractivity contribution is 5.71. The Balaban J connectivity index is 1.37. The quantitative estimate of drug-likeness (QED) is 0.566. The minimum Gasteiger partial charge on any atom is -0.507 e. The van der Waals surface area contributed by atoms with Crippen LogP contribution in [0.15, 0.2) is 35.3 Å². The zero-order valence-corrected chi connectivity index (χ0v) is 19.7. The van der Waals surface area contributed by atoms with E-state index < -0.39 is 11.6 Å². The summed E-state index contributed by atoms with van der Waals surface area (Å²) in [5, 5.41) is 23.0. The van der Waals surface area contributed by atoms with Crippen LogP contribution in [0.3, 0.4) is 0 Å². The third-order valence-corrected chi connectivity index (χ3v) is 7.28. The molecule has 5 rings (SSSR count). The minimum absolute atomic E-state index is 0.112. The van der Waals surface area contributed by atoms with Gasteiger partial charge in [0.15, 0.2) is 17.6 Å². The minimum atomic E-state index is -0.712. The molecule has 2 bridgehead atoms. The normalized spacial score (nSPS) is 26.0. The first-order valence-corrected chi connectivity index (χ1v) is 11.4. The summed E-state index contributed by atoms with van der Waals surface area (Å²) in [5.74, 6) is 0.126. The summed E-state index contributed by atoms with van der Waals surface area (Å²) in [5.41, 5.74) is 0.494. The molecule has 0 aliphatic carbocycles. The van der Waals surface area contributed by atoms with Crippen LogP contribution in [0.4, 0.5) is 10.2 Å². The SMILES string of the molecule is CN(c1cnc(-c2ccc(-c3cc(F)n(C)c(=O)n3)cc2O)nn1)[C@H]1C[C@]2(C)CC[C@](C)(C1)N2. The van der Waals surface area contributed by atoms with Crippen LogP contribution in [0.2, 0.25) is 0 Å². The lowest BCUT2D eigenvalue weighted by Crippen LogP contribution is -2.58. The van der Waals surface area contributed by atoms with Crippen molar-refractivity contribution in [2.45, 2.75) is 56.7 Å². The Kier molecular flexibility index (Phi) is 5.16. The molecule has 1 aromatic carbocycles. The van der Waals surface area contributed by atoms with Gasteiger partial charge in [-0.15, -0.1) is 10.2 Å². The number of anilines is 1. The standard InChI is InChI=1S/C24H28FN7O2/c1-23-7-8-24(2,30-23)12-15(11-23)31(3)20-13-26-21(29-28-20)16-6-5-14(9-18(16)33)17-10-19(25)32(4)22(34)27-17/h5-6,9-10,13,15,30,33H,7-8,11-12H2,1-4H3/t15-,23-,24+. The molecular formula is C24H28FN7O2. The van der Waals surface area contributed by atoms with Gasteiger partial charge in [-0.1, -0.05) is 6.07 Å². The topological polar surface area (TPSA) is 109 Å². The van der Waals surface area contributed by atoms with Gasteiger partial charge in [-0.2, -0.15) is 9.37 Å². The van der Waals surface area contributed by atoms with E-state index in [0.717, 1.165) is 23.5 Å². The van der Waals surface area contributed by atoms with Gasteiger partial charge < -0.3 is 15.3 Å². The van der Waals surface area contributed by atoms with Gasteiger partial charge in [0.25, 0.3) is 0 Å². The van der Waals surface area contributed by atoms with Gasteiger partial charge in [-0.05, 0) is 51.7 Å². The van der Waals surface area contributed by atoms with E-state index in [1.807, 2.05) is 7.05 Å². The van der Waals surface area contributed by atoms with Crippen LogP contribution in [0.1, 0.15) is 39.5 Å². The van der Waals surface area contributed by atoms with Gasteiger partial charge in [-0.3, -0.25) is 4.57 Å². The number of piperidine rings is 1. The molecule has 2 aliphatic heterocycles. The number of phenols is 1. The molecule has 9 nitrogen and oxygen atoms in total. The number of aromatic hydroxyl groups is 1. The third kappa shape index (κ3) is 3.91. The molecule has 178 valence electrons. The smallest absolute Gasteiger partial charge is 0.350 e. The van der Waals surface area contributed by atoms with Gasteiger partial charge in [-0.25, -0.2) is 9.78 Å². The summed E-state index contributed by atoms with van der Waals surface area (Å²) in [4.78, 5) is 22.2. The molecule has 0 spiro atoms. The maximum atomic E-state index is 13.9. The molecule has 2 aromatic heterocycles. The van der Waals surface area contributed by atoms with Crippen molar-refractivity contribution >= 4 is 5.82 Å². The Morgan fingerprint density at radius 2 is 1.88 bits per heavy atom. The molecule has 0 saturated carbocycles. The zero-order valence-electron chi connectivity index (χ0n) is 19.7. The van der Waals surface area contributed by atoms with Crippen LogP contribution in [0.5, 0.6) is 5.75 Å². The van der Waals surface area contributed by atoms with E-state index >= 15 is 0 Å². The molecule has 3 atom stereocenters. The monoisotopic (exact) mass is 465 g/mol. The molecule has 34 heavy (non-hydrogen) atoms. The Morgan fingerprint density at radius 3 is 2.47 bits per heavy atom. The van der Waals surface area contributed by atoms with Crippen molar-refractivity contribution in [3.63, 3.8) is 0 Å². The molecule has 3 aromatic rings. The van der Waals surface area contributed by atoms with Crippen molar-refractivity contribution < 1.29 is 9.50 Å². The molecule has 2 fully saturated rings. The van der Waals surface area contributed by atoms with E-state index in [1.165, 1.54) is 26.0 Å². The molecule has 2 saturated heterocycles. The fourth-order valence-corrected chi connectivity index (χ4v) is 5.38. The van der Waals surface area contributed by atoms with Crippen molar-refractivity contribution in [2.24, 2.45) is 7.05 Å². The van der Waals surface area contributed by atoms with E-state index in [4.69, 9.17) is 0 Å². The number of hydrogen-bond donors (Lipinski definition) is 2. The first-order chi connectivity index (χ1) is 16.1. The van der Waals surface area contributed by atoms with E-state index in [1.54, 1.807) is 18.3 Å². The number of rotatable bonds is 4. The zero-order chi connectivity index (χ0) is 24.3. The summed E-state index contributed by atoms with van der Waals surface area (Å²) in [6.07, 6.45) is 6.07. The van der Waals surface area contributed by atoms with Gasteiger partial charge in [0.05, 0.1) is 17.5 Å². The molecule has 10 heteroatoms. The number of benzene rings is 1. The van der Waals surface area contributed by atoms with E-state index in [9.17, 15) is 14.3 Å². The largest absolute Gasteiger partial charge is 0.507 e. The Hall–Kier alpha value is -3.40. The maximum absolute atomic E-state index is 13.9. The van der Waals surface area contributed by atoms with Crippen LogP contribution >= 0.6 is 0 Å². The van der Waals surface area contributed by atoms with Gasteiger partial charge in [0, 0.05) is 42.8 Å². The Labute approximate surface area is 196 Å². The molecule has 0 unspecified atom stereocenters. The number of hydrogen-bond acceptors (Lipinski definition) is 8. The number of nitrogens with zero attached hydrogens (tertiary/aromatic N) is 6. The van der Waals surface area contributed by atoms with Crippen molar-refractivity contribution in [3.05, 3.63) is 46.9 Å². The van der Waals surface area contributed by atoms with Crippen LogP contribution < -0.4 is 15.9 Å².